The lowest BCUT2D eigenvalue weighted by Gasteiger charge is -2.02. The Morgan fingerprint density at radius 2 is 2.25 bits per heavy atom. The van der Waals surface area contributed by atoms with Gasteiger partial charge in [-0.3, -0.25) is 0 Å². The van der Waals surface area contributed by atoms with Gasteiger partial charge in [-0.25, -0.2) is 0 Å². The van der Waals surface area contributed by atoms with Crippen LogP contribution in [0.5, 0.6) is 0 Å². The SMILES string of the molecule is C=C(N)C1C(CCCS/C(C)=C\C)[C@]1(C)O. The molecule has 0 bridgehead atoms. The highest BCUT2D eigenvalue weighted by molar-refractivity contribution is 8.03. The van der Waals surface area contributed by atoms with Gasteiger partial charge in [-0.1, -0.05) is 12.7 Å². The minimum atomic E-state index is -0.605. The third-order valence-corrected chi connectivity index (χ3v) is 4.65. The Hall–Kier alpha value is -0.410. The summed E-state index contributed by atoms with van der Waals surface area (Å²) >= 11 is 1.88. The van der Waals surface area contributed by atoms with E-state index in [1.807, 2.05) is 18.7 Å². The van der Waals surface area contributed by atoms with Gasteiger partial charge in [0.1, 0.15) is 0 Å². The van der Waals surface area contributed by atoms with E-state index in [0.717, 1.165) is 18.6 Å². The predicted octanol–water partition coefficient (Wildman–Crippen LogP) is 2.89. The van der Waals surface area contributed by atoms with E-state index in [-0.39, 0.29) is 5.92 Å². The van der Waals surface area contributed by atoms with E-state index >= 15 is 0 Å². The monoisotopic (exact) mass is 241 g/mol. The van der Waals surface area contributed by atoms with Crippen molar-refractivity contribution in [2.24, 2.45) is 17.6 Å². The van der Waals surface area contributed by atoms with Crippen molar-refractivity contribution in [1.82, 2.24) is 0 Å². The van der Waals surface area contributed by atoms with Crippen molar-refractivity contribution in [3.8, 4) is 0 Å². The molecule has 0 aromatic heterocycles. The van der Waals surface area contributed by atoms with Crippen LogP contribution in [0.4, 0.5) is 0 Å². The lowest BCUT2D eigenvalue weighted by Crippen LogP contribution is -2.09. The number of rotatable bonds is 6. The Labute approximate surface area is 103 Å². The quantitative estimate of drug-likeness (QED) is 0.703. The Kier molecular flexibility index (Phi) is 4.51. The summed E-state index contributed by atoms with van der Waals surface area (Å²) in [6.45, 7) is 9.79. The largest absolute Gasteiger partial charge is 0.402 e. The van der Waals surface area contributed by atoms with Crippen LogP contribution in [0.2, 0.25) is 0 Å². The van der Waals surface area contributed by atoms with E-state index in [1.165, 1.54) is 4.91 Å². The summed E-state index contributed by atoms with van der Waals surface area (Å²) in [7, 11) is 0. The van der Waals surface area contributed by atoms with Crippen molar-refractivity contribution >= 4 is 11.8 Å². The van der Waals surface area contributed by atoms with Crippen LogP contribution in [-0.4, -0.2) is 16.5 Å². The molecule has 1 saturated carbocycles. The van der Waals surface area contributed by atoms with Gasteiger partial charge < -0.3 is 10.8 Å². The third kappa shape index (κ3) is 3.05. The molecule has 0 aromatic rings. The molecule has 2 nitrogen and oxygen atoms in total. The predicted molar refractivity (Wildman–Crippen MR) is 72.1 cm³/mol. The minimum absolute atomic E-state index is 0.111. The van der Waals surface area contributed by atoms with Crippen LogP contribution in [0.1, 0.15) is 33.6 Å². The van der Waals surface area contributed by atoms with Crippen LogP contribution >= 0.6 is 11.8 Å². The third-order valence-electron chi connectivity index (χ3n) is 3.47. The van der Waals surface area contributed by atoms with Gasteiger partial charge in [-0.15, -0.1) is 11.8 Å². The summed E-state index contributed by atoms with van der Waals surface area (Å²) < 4.78 is 0. The fraction of sp³-hybridized carbons (Fsp3) is 0.692. The summed E-state index contributed by atoms with van der Waals surface area (Å²) in [5, 5.41) is 10.0. The number of aliphatic hydroxyl groups is 1. The van der Waals surface area contributed by atoms with E-state index in [2.05, 4.69) is 26.5 Å². The summed E-state index contributed by atoms with van der Waals surface area (Å²) in [4.78, 5) is 1.36. The van der Waals surface area contributed by atoms with Gasteiger partial charge in [0.15, 0.2) is 0 Å². The first-order valence-electron chi connectivity index (χ1n) is 5.83. The molecular weight excluding hydrogens is 218 g/mol. The number of thioether (sulfide) groups is 1. The molecule has 1 rings (SSSR count). The van der Waals surface area contributed by atoms with Gasteiger partial charge in [-0.05, 0) is 50.2 Å². The molecule has 92 valence electrons. The van der Waals surface area contributed by atoms with Crippen molar-refractivity contribution in [3.63, 3.8) is 0 Å². The number of allylic oxidation sites excluding steroid dienone is 2. The summed E-state index contributed by atoms with van der Waals surface area (Å²) in [5.41, 5.74) is 5.70. The van der Waals surface area contributed by atoms with Crippen molar-refractivity contribution in [2.75, 3.05) is 5.75 Å². The maximum absolute atomic E-state index is 10.0. The van der Waals surface area contributed by atoms with Crippen LogP contribution in [0, 0.1) is 11.8 Å². The zero-order chi connectivity index (χ0) is 12.3. The Morgan fingerprint density at radius 1 is 1.62 bits per heavy atom. The molecule has 1 fully saturated rings. The van der Waals surface area contributed by atoms with Crippen molar-refractivity contribution in [2.45, 2.75) is 39.2 Å². The molecule has 0 radical (unpaired) electrons. The second-order valence-corrected chi connectivity index (χ2v) is 6.12. The number of nitrogens with two attached hydrogens (primary N) is 1. The molecule has 3 N–H and O–H groups in total. The Morgan fingerprint density at radius 3 is 2.69 bits per heavy atom. The molecule has 16 heavy (non-hydrogen) atoms. The summed E-state index contributed by atoms with van der Waals surface area (Å²) in [6.07, 6.45) is 4.29. The first kappa shape index (κ1) is 13.7. The van der Waals surface area contributed by atoms with Crippen molar-refractivity contribution in [1.29, 1.82) is 0 Å². The maximum Gasteiger partial charge on any atom is 0.0741 e. The average Bonchev–Trinajstić information content (AvgIpc) is 2.75. The number of hydrogen-bond donors (Lipinski definition) is 2. The van der Waals surface area contributed by atoms with Gasteiger partial charge >= 0.3 is 0 Å². The molecule has 0 spiro atoms. The van der Waals surface area contributed by atoms with Crippen LogP contribution in [-0.2, 0) is 0 Å². The van der Waals surface area contributed by atoms with Gasteiger partial charge in [0, 0.05) is 11.6 Å². The molecule has 1 aliphatic carbocycles. The molecule has 2 unspecified atom stereocenters. The first-order valence-corrected chi connectivity index (χ1v) is 6.82. The van der Waals surface area contributed by atoms with Crippen LogP contribution in [0.3, 0.4) is 0 Å². The minimum Gasteiger partial charge on any atom is -0.402 e. The average molecular weight is 241 g/mol. The fourth-order valence-electron chi connectivity index (χ4n) is 2.30. The Bertz CT molecular complexity index is 296. The number of hydrogen-bond acceptors (Lipinski definition) is 3. The standard InChI is InChI=1S/C13H23NOS/c1-5-9(2)16-8-6-7-11-12(10(3)14)13(11,4)15/h5,11-12,15H,3,6-8,14H2,1-2,4H3/b9-5-/t11?,12?,13-/m0/s1. The van der Waals surface area contributed by atoms with Gasteiger partial charge in [0.2, 0.25) is 0 Å². The second-order valence-electron chi connectivity index (χ2n) is 4.77. The van der Waals surface area contributed by atoms with Crippen LogP contribution in [0.15, 0.2) is 23.3 Å². The zero-order valence-electron chi connectivity index (χ0n) is 10.5. The van der Waals surface area contributed by atoms with E-state index in [4.69, 9.17) is 5.73 Å². The molecule has 0 heterocycles. The van der Waals surface area contributed by atoms with Crippen molar-refractivity contribution < 1.29 is 5.11 Å². The molecular formula is C13H23NOS. The lowest BCUT2D eigenvalue weighted by atomic mass is 10.2. The second kappa shape index (κ2) is 5.28. The normalized spacial score (nSPS) is 33.9. The van der Waals surface area contributed by atoms with E-state index in [0.29, 0.717) is 11.6 Å². The van der Waals surface area contributed by atoms with Crippen molar-refractivity contribution in [3.05, 3.63) is 23.3 Å². The first-order chi connectivity index (χ1) is 7.41. The topological polar surface area (TPSA) is 46.2 Å². The van der Waals surface area contributed by atoms with Crippen LogP contribution in [0.25, 0.3) is 0 Å². The van der Waals surface area contributed by atoms with Gasteiger partial charge in [-0.2, -0.15) is 0 Å². The lowest BCUT2D eigenvalue weighted by molar-refractivity contribution is 0.141. The molecule has 0 saturated heterocycles. The summed E-state index contributed by atoms with van der Waals surface area (Å²) in [5.74, 6) is 1.55. The van der Waals surface area contributed by atoms with Gasteiger partial charge in [0.05, 0.1) is 5.60 Å². The highest BCUT2D eigenvalue weighted by Gasteiger charge is 2.60. The Balaban J connectivity index is 2.23. The molecule has 3 atom stereocenters. The molecule has 0 amide bonds. The van der Waals surface area contributed by atoms with E-state index in [1.54, 1.807) is 0 Å². The molecule has 0 aromatic carbocycles. The summed E-state index contributed by atoms with van der Waals surface area (Å²) in [6, 6.07) is 0. The molecule has 0 aliphatic heterocycles. The smallest absolute Gasteiger partial charge is 0.0741 e. The maximum atomic E-state index is 10.0. The highest BCUT2D eigenvalue weighted by atomic mass is 32.2. The fourth-order valence-corrected chi connectivity index (χ4v) is 3.10. The molecule has 3 heteroatoms. The highest BCUT2D eigenvalue weighted by Crippen LogP contribution is 2.55. The van der Waals surface area contributed by atoms with E-state index < -0.39 is 5.60 Å². The van der Waals surface area contributed by atoms with Crippen LogP contribution < -0.4 is 5.73 Å². The van der Waals surface area contributed by atoms with E-state index in [9.17, 15) is 5.11 Å². The molecule has 1 aliphatic rings. The zero-order valence-corrected chi connectivity index (χ0v) is 11.3. The van der Waals surface area contributed by atoms with Gasteiger partial charge in [0.25, 0.3) is 0 Å².